The van der Waals surface area contributed by atoms with Crippen molar-refractivity contribution in [1.29, 1.82) is 0 Å². The maximum Gasteiger partial charge on any atom is 0.138 e. The molecule has 20 heavy (non-hydrogen) atoms. The van der Waals surface area contributed by atoms with Crippen molar-refractivity contribution in [2.24, 2.45) is 0 Å². The zero-order valence-corrected chi connectivity index (χ0v) is 12.6. The van der Waals surface area contributed by atoms with Gasteiger partial charge in [0, 0.05) is 24.6 Å². The van der Waals surface area contributed by atoms with Gasteiger partial charge in [-0.25, -0.2) is 9.97 Å². The summed E-state index contributed by atoms with van der Waals surface area (Å²) < 4.78 is 5.04. The lowest BCUT2D eigenvalue weighted by atomic mass is 9.96. The fourth-order valence-corrected chi connectivity index (χ4v) is 1.68. The lowest BCUT2D eigenvalue weighted by molar-refractivity contribution is 0.391. The molecule has 0 unspecified atom stereocenters. The molecule has 2 rings (SSSR count). The van der Waals surface area contributed by atoms with Crippen LogP contribution in [0, 0.1) is 6.92 Å². The number of hydrogen-bond acceptors (Lipinski definition) is 6. The van der Waals surface area contributed by atoms with E-state index < -0.39 is 0 Å². The summed E-state index contributed by atoms with van der Waals surface area (Å²) in [4.78, 5) is 9.04. The lowest BCUT2D eigenvalue weighted by Gasteiger charge is -2.18. The highest BCUT2D eigenvalue weighted by Crippen LogP contribution is 2.22. The van der Waals surface area contributed by atoms with E-state index in [2.05, 4.69) is 46.5 Å². The van der Waals surface area contributed by atoms with E-state index >= 15 is 0 Å². The molecule has 0 aliphatic rings. The van der Waals surface area contributed by atoms with Gasteiger partial charge >= 0.3 is 0 Å². The standard InChI is InChI=1S/C14H21N5O/c1-9-6-10(19-20-9)8-16-12-7-11(15-5)17-13(18-12)14(2,3)4/h6-7H,8H2,1-5H3,(H2,15,16,17,18). The van der Waals surface area contributed by atoms with E-state index in [1.165, 1.54) is 0 Å². The molecule has 0 amide bonds. The van der Waals surface area contributed by atoms with Gasteiger partial charge in [0.15, 0.2) is 0 Å². The molecule has 2 aromatic heterocycles. The summed E-state index contributed by atoms with van der Waals surface area (Å²) in [5, 5.41) is 10.3. The Balaban J connectivity index is 2.18. The van der Waals surface area contributed by atoms with E-state index in [0.29, 0.717) is 6.54 Å². The van der Waals surface area contributed by atoms with Gasteiger partial charge in [-0.15, -0.1) is 0 Å². The molecule has 0 radical (unpaired) electrons. The Kier molecular flexibility index (Phi) is 3.92. The van der Waals surface area contributed by atoms with Gasteiger partial charge in [-0.1, -0.05) is 25.9 Å². The smallest absolute Gasteiger partial charge is 0.138 e. The molecule has 0 atom stereocenters. The summed E-state index contributed by atoms with van der Waals surface area (Å²) in [5.74, 6) is 3.16. The van der Waals surface area contributed by atoms with Gasteiger partial charge in [0.05, 0.1) is 6.54 Å². The molecule has 2 aromatic rings. The van der Waals surface area contributed by atoms with Gasteiger partial charge in [-0.05, 0) is 6.92 Å². The van der Waals surface area contributed by atoms with E-state index in [9.17, 15) is 0 Å². The Morgan fingerprint density at radius 2 is 1.85 bits per heavy atom. The highest BCUT2D eigenvalue weighted by Gasteiger charge is 2.19. The molecule has 0 aliphatic carbocycles. The van der Waals surface area contributed by atoms with Crippen molar-refractivity contribution in [2.45, 2.75) is 39.7 Å². The van der Waals surface area contributed by atoms with Gasteiger partial charge in [-0.2, -0.15) is 0 Å². The van der Waals surface area contributed by atoms with Crippen LogP contribution >= 0.6 is 0 Å². The summed E-state index contributed by atoms with van der Waals surface area (Å²) in [7, 11) is 1.85. The summed E-state index contributed by atoms with van der Waals surface area (Å²) in [5.41, 5.74) is 0.748. The van der Waals surface area contributed by atoms with Crippen molar-refractivity contribution >= 4 is 11.6 Å². The molecular weight excluding hydrogens is 254 g/mol. The third kappa shape index (κ3) is 3.46. The fraction of sp³-hybridized carbons (Fsp3) is 0.500. The van der Waals surface area contributed by atoms with Crippen LogP contribution in [-0.4, -0.2) is 22.2 Å². The van der Waals surface area contributed by atoms with Crippen LogP contribution in [0.3, 0.4) is 0 Å². The van der Waals surface area contributed by atoms with Gasteiger partial charge in [0.2, 0.25) is 0 Å². The van der Waals surface area contributed by atoms with E-state index in [1.54, 1.807) is 0 Å². The van der Waals surface area contributed by atoms with Crippen LogP contribution in [0.15, 0.2) is 16.7 Å². The molecule has 0 aliphatic heterocycles. The van der Waals surface area contributed by atoms with Crippen molar-refractivity contribution in [2.75, 3.05) is 17.7 Å². The first-order valence-electron chi connectivity index (χ1n) is 6.62. The van der Waals surface area contributed by atoms with Crippen molar-refractivity contribution in [3.8, 4) is 0 Å². The molecule has 0 spiro atoms. The average Bonchev–Trinajstić information content (AvgIpc) is 2.81. The molecule has 6 heteroatoms. The molecule has 0 bridgehead atoms. The topological polar surface area (TPSA) is 75.9 Å². The molecule has 108 valence electrons. The zero-order valence-electron chi connectivity index (χ0n) is 12.6. The number of aryl methyl sites for hydroxylation is 1. The van der Waals surface area contributed by atoms with E-state index in [0.717, 1.165) is 28.9 Å². The van der Waals surface area contributed by atoms with Crippen molar-refractivity contribution in [3.05, 3.63) is 29.4 Å². The van der Waals surface area contributed by atoms with Crippen LogP contribution in [0.2, 0.25) is 0 Å². The third-order valence-corrected chi connectivity index (χ3v) is 2.78. The van der Waals surface area contributed by atoms with Crippen molar-refractivity contribution in [1.82, 2.24) is 15.1 Å². The second-order valence-electron chi connectivity index (χ2n) is 5.74. The SMILES string of the molecule is CNc1cc(NCc2cc(C)on2)nc(C(C)(C)C)n1. The quantitative estimate of drug-likeness (QED) is 0.893. The number of hydrogen-bond donors (Lipinski definition) is 2. The molecule has 0 saturated carbocycles. The minimum atomic E-state index is -0.103. The van der Waals surface area contributed by atoms with E-state index in [-0.39, 0.29) is 5.41 Å². The van der Waals surface area contributed by atoms with Gasteiger partial charge in [0.1, 0.15) is 28.9 Å². The largest absolute Gasteiger partial charge is 0.373 e. The summed E-state index contributed by atoms with van der Waals surface area (Å²) >= 11 is 0. The first-order valence-corrected chi connectivity index (χ1v) is 6.62. The molecule has 2 N–H and O–H groups in total. The van der Waals surface area contributed by atoms with Crippen LogP contribution in [-0.2, 0) is 12.0 Å². The maximum absolute atomic E-state index is 5.04. The molecule has 0 saturated heterocycles. The maximum atomic E-state index is 5.04. The van der Waals surface area contributed by atoms with Crippen LogP contribution in [0.4, 0.5) is 11.6 Å². The molecule has 6 nitrogen and oxygen atoms in total. The number of nitrogens with zero attached hydrogens (tertiary/aromatic N) is 3. The van der Waals surface area contributed by atoms with Gasteiger partial charge in [-0.3, -0.25) is 0 Å². The highest BCUT2D eigenvalue weighted by atomic mass is 16.5. The number of anilines is 2. The number of nitrogens with one attached hydrogen (secondary N) is 2. The molecule has 0 aromatic carbocycles. The van der Waals surface area contributed by atoms with Crippen molar-refractivity contribution < 1.29 is 4.52 Å². The number of aromatic nitrogens is 3. The minimum absolute atomic E-state index is 0.103. The van der Waals surface area contributed by atoms with E-state index in [4.69, 9.17) is 4.52 Å². The normalized spacial score (nSPS) is 11.4. The molecule has 0 fully saturated rings. The Morgan fingerprint density at radius 1 is 1.15 bits per heavy atom. The van der Waals surface area contributed by atoms with Gasteiger partial charge in [0.25, 0.3) is 0 Å². The third-order valence-electron chi connectivity index (χ3n) is 2.78. The Labute approximate surface area is 119 Å². The summed E-state index contributed by atoms with van der Waals surface area (Å²) in [6, 6.07) is 3.78. The first-order chi connectivity index (χ1) is 9.38. The fourth-order valence-electron chi connectivity index (χ4n) is 1.68. The van der Waals surface area contributed by atoms with E-state index in [1.807, 2.05) is 26.1 Å². The van der Waals surface area contributed by atoms with Gasteiger partial charge < -0.3 is 15.2 Å². The Bertz CT molecular complexity index is 585. The Morgan fingerprint density at radius 3 is 2.40 bits per heavy atom. The lowest BCUT2D eigenvalue weighted by Crippen LogP contribution is -2.18. The molecular formula is C14H21N5O. The Hall–Kier alpha value is -2.11. The summed E-state index contributed by atoms with van der Waals surface area (Å²) in [6.45, 7) is 8.71. The highest BCUT2D eigenvalue weighted by molar-refractivity contribution is 5.48. The molecule has 2 heterocycles. The monoisotopic (exact) mass is 275 g/mol. The second-order valence-corrected chi connectivity index (χ2v) is 5.74. The minimum Gasteiger partial charge on any atom is -0.373 e. The first kappa shape index (κ1) is 14.3. The average molecular weight is 275 g/mol. The van der Waals surface area contributed by atoms with Crippen LogP contribution in [0.25, 0.3) is 0 Å². The zero-order chi connectivity index (χ0) is 14.8. The predicted molar refractivity (Wildman–Crippen MR) is 78.8 cm³/mol. The van der Waals surface area contributed by atoms with Crippen LogP contribution < -0.4 is 10.6 Å². The van der Waals surface area contributed by atoms with Crippen molar-refractivity contribution in [3.63, 3.8) is 0 Å². The predicted octanol–water partition coefficient (Wildman–Crippen LogP) is 2.72. The second kappa shape index (κ2) is 5.48. The number of rotatable bonds is 4. The van der Waals surface area contributed by atoms with Crippen LogP contribution in [0.1, 0.15) is 38.0 Å². The summed E-state index contributed by atoms with van der Waals surface area (Å²) in [6.07, 6.45) is 0. The van der Waals surface area contributed by atoms with Crippen LogP contribution in [0.5, 0.6) is 0 Å².